The normalized spacial score (nSPS) is 23.3. The summed E-state index contributed by atoms with van der Waals surface area (Å²) in [6.45, 7) is 0. The maximum atomic E-state index is 12.0. The number of hydrogen-bond donors (Lipinski definition) is 1. The average Bonchev–Trinajstić information content (AvgIpc) is 2.38. The predicted octanol–water partition coefficient (Wildman–Crippen LogP) is 1.80. The molecule has 5 nitrogen and oxygen atoms in total. The van der Waals surface area contributed by atoms with E-state index in [4.69, 9.17) is 10.4 Å². The molecule has 1 aromatic rings. The van der Waals surface area contributed by atoms with Crippen molar-refractivity contribution in [3.05, 3.63) is 34.2 Å². The Kier molecular flexibility index (Phi) is 3.47. The zero-order chi connectivity index (χ0) is 13.1. The molecular weight excluding hydrogens is 232 g/mol. The molecule has 0 aromatic carbocycles. The van der Waals surface area contributed by atoms with Gasteiger partial charge in [-0.1, -0.05) is 6.42 Å². The minimum atomic E-state index is -1.21. The average molecular weight is 246 g/mol. The largest absolute Gasteiger partial charge is 0.477 e. The van der Waals surface area contributed by atoms with Gasteiger partial charge in [-0.25, -0.2) is 4.79 Å². The van der Waals surface area contributed by atoms with Gasteiger partial charge in [-0.15, -0.1) is 0 Å². The van der Waals surface area contributed by atoms with Crippen molar-refractivity contribution in [2.45, 2.75) is 31.7 Å². The lowest BCUT2D eigenvalue weighted by molar-refractivity contribution is 0.0693. The summed E-state index contributed by atoms with van der Waals surface area (Å²) in [5.74, 6) is -1.24. The van der Waals surface area contributed by atoms with Crippen molar-refractivity contribution < 1.29 is 9.90 Å². The van der Waals surface area contributed by atoms with E-state index in [0.717, 1.165) is 19.3 Å². The first-order valence-corrected chi connectivity index (χ1v) is 5.97. The van der Waals surface area contributed by atoms with Crippen LogP contribution in [0.5, 0.6) is 0 Å². The van der Waals surface area contributed by atoms with Crippen LogP contribution in [0.1, 0.15) is 42.1 Å². The van der Waals surface area contributed by atoms with Gasteiger partial charge >= 0.3 is 5.97 Å². The number of pyridine rings is 1. The van der Waals surface area contributed by atoms with Crippen molar-refractivity contribution in [1.82, 2.24) is 4.57 Å². The molecule has 0 aliphatic heterocycles. The van der Waals surface area contributed by atoms with E-state index in [1.54, 1.807) is 12.3 Å². The molecule has 1 heterocycles. The quantitative estimate of drug-likeness (QED) is 0.862. The molecule has 2 rings (SSSR count). The Hall–Kier alpha value is -2.09. The Morgan fingerprint density at radius 2 is 2.28 bits per heavy atom. The Morgan fingerprint density at radius 1 is 1.50 bits per heavy atom. The highest BCUT2D eigenvalue weighted by Gasteiger charge is 2.24. The summed E-state index contributed by atoms with van der Waals surface area (Å²) in [6.07, 6.45) is 4.81. The van der Waals surface area contributed by atoms with Crippen molar-refractivity contribution in [1.29, 1.82) is 5.26 Å². The summed E-state index contributed by atoms with van der Waals surface area (Å²) >= 11 is 0. The van der Waals surface area contributed by atoms with Gasteiger partial charge in [0.05, 0.1) is 6.07 Å². The van der Waals surface area contributed by atoms with E-state index in [1.807, 2.05) is 0 Å². The van der Waals surface area contributed by atoms with Gasteiger partial charge in [-0.05, 0) is 31.4 Å². The lowest BCUT2D eigenvalue weighted by atomic mass is 9.86. The van der Waals surface area contributed by atoms with E-state index < -0.39 is 11.5 Å². The summed E-state index contributed by atoms with van der Waals surface area (Å²) in [5.41, 5.74) is -0.690. The molecule has 1 aliphatic rings. The molecule has 1 saturated carbocycles. The predicted molar refractivity (Wildman–Crippen MR) is 64.3 cm³/mol. The van der Waals surface area contributed by atoms with E-state index >= 15 is 0 Å². The fourth-order valence-electron chi connectivity index (χ4n) is 2.49. The Labute approximate surface area is 104 Å². The molecule has 0 bridgehead atoms. The second-order valence-electron chi connectivity index (χ2n) is 4.59. The van der Waals surface area contributed by atoms with Gasteiger partial charge in [-0.3, -0.25) is 4.79 Å². The third-order valence-corrected chi connectivity index (χ3v) is 3.43. The first-order valence-electron chi connectivity index (χ1n) is 5.97. The highest BCUT2D eigenvalue weighted by Crippen LogP contribution is 2.31. The van der Waals surface area contributed by atoms with Crippen LogP contribution in [0.15, 0.2) is 23.1 Å². The standard InChI is InChI=1S/C13H14N2O3/c14-8-9-3-1-4-10(7-9)15-6-2-5-11(12(15)16)13(17)18/h2,5-6,9-10H,1,3-4,7H2,(H,17,18). The first kappa shape index (κ1) is 12.4. The van der Waals surface area contributed by atoms with Crippen molar-refractivity contribution in [3.63, 3.8) is 0 Å². The minimum Gasteiger partial charge on any atom is -0.477 e. The van der Waals surface area contributed by atoms with Gasteiger partial charge in [0.25, 0.3) is 5.56 Å². The zero-order valence-electron chi connectivity index (χ0n) is 9.87. The first-order chi connectivity index (χ1) is 8.63. The van der Waals surface area contributed by atoms with Gasteiger partial charge in [-0.2, -0.15) is 5.26 Å². The molecule has 2 unspecified atom stereocenters. The highest BCUT2D eigenvalue weighted by molar-refractivity contribution is 5.86. The SMILES string of the molecule is N#CC1CCCC(n2cccc(C(=O)O)c2=O)C1. The number of carboxylic acid groups (broad SMARTS) is 1. The Balaban J connectivity index is 2.34. The number of aromatic nitrogens is 1. The number of hydrogen-bond acceptors (Lipinski definition) is 3. The van der Waals surface area contributed by atoms with Gasteiger partial charge < -0.3 is 9.67 Å². The van der Waals surface area contributed by atoms with Gasteiger partial charge in [0.15, 0.2) is 0 Å². The summed E-state index contributed by atoms with van der Waals surface area (Å²) in [5, 5.41) is 17.9. The van der Waals surface area contributed by atoms with Crippen LogP contribution >= 0.6 is 0 Å². The van der Waals surface area contributed by atoms with E-state index in [1.165, 1.54) is 10.6 Å². The summed E-state index contributed by atoms with van der Waals surface area (Å²) in [7, 11) is 0. The lowest BCUT2D eigenvalue weighted by Gasteiger charge is -2.27. The zero-order valence-corrected chi connectivity index (χ0v) is 9.87. The van der Waals surface area contributed by atoms with Gasteiger partial charge in [0.1, 0.15) is 5.56 Å². The molecule has 0 amide bonds. The maximum absolute atomic E-state index is 12.0. The third kappa shape index (κ3) is 2.28. The van der Waals surface area contributed by atoms with Crippen LogP contribution in [0.2, 0.25) is 0 Å². The molecule has 94 valence electrons. The number of nitrogens with zero attached hydrogens (tertiary/aromatic N) is 2. The number of carbonyl (C=O) groups is 1. The molecule has 1 N–H and O–H groups in total. The third-order valence-electron chi connectivity index (χ3n) is 3.43. The van der Waals surface area contributed by atoms with Crippen molar-refractivity contribution in [3.8, 4) is 6.07 Å². The van der Waals surface area contributed by atoms with Crippen molar-refractivity contribution in [2.24, 2.45) is 5.92 Å². The van der Waals surface area contributed by atoms with Crippen molar-refractivity contribution in [2.75, 3.05) is 0 Å². The monoisotopic (exact) mass is 246 g/mol. The molecule has 2 atom stereocenters. The Morgan fingerprint density at radius 3 is 2.94 bits per heavy atom. The lowest BCUT2D eigenvalue weighted by Crippen LogP contribution is -2.31. The number of carboxylic acids is 1. The van der Waals surface area contributed by atoms with E-state index in [-0.39, 0.29) is 17.5 Å². The van der Waals surface area contributed by atoms with Gasteiger partial charge in [0.2, 0.25) is 0 Å². The number of aromatic carboxylic acids is 1. The molecule has 1 fully saturated rings. The number of rotatable bonds is 2. The molecule has 0 radical (unpaired) electrons. The second kappa shape index (κ2) is 5.05. The van der Waals surface area contributed by atoms with E-state index in [2.05, 4.69) is 6.07 Å². The van der Waals surface area contributed by atoms with Crippen LogP contribution in [-0.4, -0.2) is 15.6 Å². The molecule has 18 heavy (non-hydrogen) atoms. The molecule has 1 aromatic heterocycles. The molecule has 5 heteroatoms. The van der Waals surface area contributed by atoms with Crippen LogP contribution < -0.4 is 5.56 Å². The van der Waals surface area contributed by atoms with Crippen LogP contribution in [0.25, 0.3) is 0 Å². The second-order valence-corrected chi connectivity index (χ2v) is 4.59. The summed E-state index contributed by atoms with van der Waals surface area (Å²) < 4.78 is 1.47. The molecule has 0 spiro atoms. The van der Waals surface area contributed by atoms with Crippen molar-refractivity contribution >= 4 is 5.97 Å². The summed E-state index contributed by atoms with van der Waals surface area (Å²) in [4.78, 5) is 22.9. The topological polar surface area (TPSA) is 83.1 Å². The van der Waals surface area contributed by atoms with Gasteiger partial charge in [0, 0.05) is 18.2 Å². The molecule has 0 saturated heterocycles. The fourth-order valence-corrected chi connectivity index (χ4v) is 2.49. The van der Waals surface area contributed by atoms with E-state index in [0.29, 0.717) is 6.42 Å². The fraction of sp³-hybridized carbons (Fsp3) is 0.462. The summed E-state index contributed by atoms with van der Waals surface area (Å²) in [6, 6.07) is 5.05. The van der Waals surface area contributed by atoms with E-state index in [9.17, 15) is 9.59 Å². The van der Waals surface area contributed by atoms with Crippen LogP contribution in [-0.2, 0) is 0 Å². The Bertz CT molecular complexity index is 556. The highest BCUT2D eigenvalue weighted by atomic mass is 16.4. The maximum Gasteiger partial charge on any atom is 0.341 e. The van der Waals surface area contributed by atoms with Crippen LogP contribution in [0, 0.1) is 17.2 Å². The minimum absolute atomic E-state index is 0.0378. The smallest absolute Gasteiger partial charge is 0.341 e. The molecule has 1 aliphatic carbocycles. The van der Waals surface area contributed by atoms with Crippen LogP contribution in [0.3, 0.4) is 0 Å². The molecular formula is C13H14N2O3. The van der Waals surface area contributed by atoms with Crippen LogP contribution in [0.4, 0.5) is 0 Å². The number of nitriles is 1.